The van der Waals surface area contributed by atoms with Crippen molar-refractivity contribution in [2.75, 3.05) is 19.0 Å². The molecule has 2 amide bonds. The van der Waals surface area contributed by atoms with Crippen LogP contribution in [0.2, 0.25) is 5.02 Å². The molecule has 0 bridgehead atoms. The van der Waals surface area contributed by atoms with E-state index < -0.39 is 0 Å². The van der Waals surface area contributed by atoms with Crippen molar-refractivity contribution in [1.82, 2.24) is 4.90 Å². The summed E-state index contributed by atoms with van der Waals surface area (Å²) in [5.74, 6) is 0.0789. The topological polar surface area (TPSA) is 71.8 Å². The number of ether oxygens (including phenoxy) is 1. The van der Waals surface area contributed by atoms with E-state index in [1.54, 1.807) is 41.3 Å². The Morgan fingerprint density at radius 2 is 1.93 bits per heavy atom. The number of hydrogen-bond donors (Lipinski definition) is 1. The first kappa shape index (κ1) is 19.1. The number of furan rings is 1. The minimum absolute atomic E-state index is 0.190. The second-order valence-electron chi connectivity index (χ2n) is 6.72. The predicted molar refractivity (Wildman–Crippen MR) is 110 cm³/mol. The Morgan fingerprint density at radius 3 is 2.69 bits per heavy atom. The highest BCUT2D eigenvalue weighted by molar-refractivity contribution is 6.34. The third-order valence-electron chi connectivity index (χ3n) is 4.88. The van der Waals surface area contributed by atoms with Crippen molar-refractivity contribution in [2.24, 2.45) is 0 Å². The van der Waals surface area contributed by atoms with Crippen LogP contribution in [-0.4, -0.2) is 30.4 Å². The zero-order valence-corrected chi connectivity index (χ0v) is 16.5. The van der Waals surface area contributed by atoms with Crippen molar-refractivity contribution in [3.8, 4) is 5.95 Å². The van der Waals surface area contributed by atoms with Crippen LogP contribution in [0, 0.1) is 0 Å². The lowest BCUT2D eigenvalue weighted by Gasteiger charge is -2.28. The van der Waals surface area contributed by atoms with Crippen molar-refractivity contribution in [1.29, 1.82) is 0 Å². The zero-order chi connectivity index (χ0) is 20.4. The fourth-order valence-electron chi connectivity index (χ4n) is 3.35. The predicted octanol–water partition coefficient (Wildman–Crippen LogP) is 4.39. The molecular weight excluding hydrogens is 392 g/mol. The Bertz CT molecular complexity index is 1080. The smallest absolute Gasteiger partial charge is 0.290 e. The van der Waals surface area contributed by atoms with Gasteiger partial charge in [0, 0.05) is 24.8 Å². The van der Waals surface area contributed by atoms with Crippen LogP contribution in [0.3, 0.4) is 0 Å². The molecule has 0 saturated carbocycles. The summed E-state index contributed by atoms with van der Waals surface area (Å²) in [6, 6.07) is 15.9. The second-order valence-corrected chi connectivity index (χ2v) is 7.12. The molecule has 1 N–H and O–H groups in total. The number of nitrogens with zero attached hydrogens (tertiary/aromatic N) is 1. The maximum Gasteiger partial charge on any atom is 0.290 e. The molecule has 0 aliphatic carbocycles. The SMILES string of the molecule is COc1ccc(C(=O)N2CCc3ccc(NC(=O)c4ccccc4Cl)cc3C2)o1. The van der Waals surface area contributed by atoms with Gasteiger partial charge in [-0.25, -0.2) is 0 Å². The van der Waals surface area contributed by atoms with Crippen LogP contribution in [-0.2, 0) is 13.0 Å². The van der Waals surface area contributed by atoms with Gasteiger partial charge < -0.3 is 19.4 Å². The Balaban J connectivity index is 1.50. The van der Waals surface area contributed by atoms with Gasteiger partial charge in [-0.1, -0.05) is 29.8 Å². The molecule has 3 aromatic rings. The number of methoxy groups -OCH3 is 1. The molecule has 6 nitrogen and oxygen atoms in total. The maximum absolute atomic E-state index is 12.7. The summed E-state index contributed by atoms with van der Waals surface area (Å²) >= 11 is 6.10. The first-order chi connectivity index (χ1) is 14.0. The van der Waals surface area contributed by atoms with E-state index in [0.29, 0.717) is 35.3 Å². The molecule has 0 saturated heterocycles. The van der Waals surface area contributed by atoms with Crippen LogP contribution in [0.15, 0.2) is 59.0 Å². The van der Waals surface area contributed by atoms with Crippen LogP contribution in [0.5, 0.6) is 5.95 Å². The molecule has 7 heteroatoms. The molecular formula is C22H19ClN2O4. The van der Waals surface area contributed by atoms with Crippen LogP contribution >= 0.6 is 11.6 Å². The highest BCUT2D eigenvalue weighted by Crippen LogP contribution is 2.26. The van der Waals surface area contributed by atoms with Gasteiger partial charge in [-0.2, -0.15) is 0 Å². The molecule has 0 radical (unpaired) electrons. The number of anilines is 1. The van der Waals surface area contributed by atoms with Crippen LogP contribution < -0.4 is 10.1 Å². The maximum atomic E-state index is 12.7. The summed E-state index contributed by atoms with van der Waals surface area (Å²) in [5.41, 5.74) is 3.21. The summed E-state index contributed by atoms with van der Waals surface area (Å²) in [4.78, 5) is 26.9. The number of carbonyl (C=O) groups excluding carboxylic acids is 2. The van der Waals surface area contributed by atoms with E-state index in [2.05, 4.69) is 5.32 Å². The number of hydrogen-bond acceptors (Lipinski definition) is 4. The molecule has 0 unspecified atom stereocenters. The lowest BCUT2D eigenvalue weighted by Crippen LogP contribution is -2.35. The molecule has 29 heavy (non-hydrogen) atoms. The number of rotatable bonds is 4. The van der Waals surface area contributed by atoms with E-state index in [0.717, 1.165) is 17.5 Å². The van der Waals surface area contributed by atoms with Crippen molar-refractivity contribution in [3.05, 3.63) is 82.1 Å². The highest BCUT2D eigenvalue weighted by atomic mass is 35.5. The highest BCUT2D eigenvalue weighted by Gasteiger charge is 2.24. The minimum atomic E-state index is -0.276. The van der Waals surface area contributed by atoms with Crippen molar-refractivity contribution < 1.29 is 18.7 Å². The third-order valence-corrected chi connectivity index (χ3v) is 5.20. The average Bonchev–Trinajstić information content (AvgIpc) is 3.22. The number of benzene rings is 2. The first-order valence-electron chi connectivity index (χ1n) is 9.16. The van der Waals surface area contributed by atoms with Gasteiger partial charge >= 0.3 is 0 Å². The third kappa shape index (κ3) is 3.98. The monoisotopic (exact) mass is 410 g/mol. The average molecular weight is 411 g/mol. The molecule has 0 fully saturated rings. The van der Waals surface area contributed by atoms with Gasteiger partial charge in [-0.3, -0.25) is 9.59 Å². The number of amides is 2. The van der Waals surface area contributed by atoms with Gasteiger partial charge in [-0.15, -0.1) is 0 Å². The first-order valence-corrected chi connectivity index (χ1v) is 9.54. The van der Waals surface area contributed by atoms with E-state index in [4.69, 9.17) is 20.8 Å². The fourth-order valence-corrected chi connectivity index (χ4v) is 3.57. The van der Waals surface area contributed by atoms with Crippen LogP contribution in [0.25, 0.3) is 0 Å². The summed E-state index contributed by atoms with van der Waals surface area (Å²) < 4.78 is 10.4. The summed E-state index contributed by atoms with van der Waals surface area (Å²) in [7, 11) is 1.49. The molecule has 1 aliphatic heterocycles. The van der Waals surface area contributed by atoms with Gasteiger partial charge in [0.2, 0.25) is 0 Å². The molecule has 2 aromatic carbocycles. The lowest BCUT2D eigenvalue weighted by atomic mass is 9.98. The molecule has 1 aromatic heterocycles. The number of halogens is 1. The second kappa shape index (κ2) is 8.01. The molecule has 148 valence electrons. The normalized spacial score (nSPS) is 13.0. The van der Waals surface area contributed by atoms with E-state index in [9.17, 15) is 9.59 Å². The minimum Gasteiger partial charge on any atom is -0.468 e. The van der Waals surface area contributed by atoms with Crippen LogP contribution in [0.1, 0.15) is 32.0 Å². The van der Waals surface area contributed by atoms with Crippen molar-refractivity contribution in [2.45, 2.75) is 13.0 Å². The van der Waals surface area contributed by atoms with E-state index >= 15 is 0 Å². The largest absolute Gasteiger partial charge is 0.468 e. The molecule has 4 rings (SSSR count). The van der Waals surface area contributed by atoms with Gasteiger partial charge in [0.05, 0.1) is 17.7 Å². The van der Waals surface area contributed by atoms with Gasteiger partial charge in [0.1, 0.15) is 0 Å². The van der Waals surface area contributed by atoms with Crippen molar-refractivity contribution >= 4 is 29.1 Å². The summed E-state index contributed by atoms with van der Waals surface area (Å²) in [5, 5.41) is 3.27. The lowest BCUT2D eigenvalue weighted by molar-refractivity contribution is 0.0696. The standard InChI is InChI=1S/C22H19ClN2O4/c1-28-20-9-8-19(29-20)22(27)25-11-10-14-6-7-16(12-15(14)13-25)24-21(26)17-4-2-3-5-18(17)23/h2-9,12H,10-11,13H2,1H3,(H,24,26). The van der Waals surface area contributed by atoms with Gasteiger partial charge in [-0.05, 0) is 47.9 Å². The number of fused-ring (bicyclic) bond motifs is 1. The van der Waals surface area contributed by atoms with Gasteiger partial charge in [0.25, 0.3) is 17.8 Å². The van der Waals surface area contributed by atoms with Crippen LogP contribution in [0.4, 0.5) is 5.69 Å². The number of carbonyl (C=O) groups is 2. The Labute approximate surface area is 173 Å². The number of nitrogens with one attached hydrogen (secondary N) is 1. The molecule has 0 spiro atoms. The fraction of sp³-hybridized carbons (Fsp3) is 0.182. The summed E-state index contributed by atoms with van der Waals surface area (Å²) in [6.45, 7) is 1.03. The Morgan fingerprint density at radius 1 is 1.10 bits per heavy atom. The molecule has 1 aliphatic rings. The van der Waals surface area contributed by atoms with Gasteiger partial charge in [0.15, 0.2) is 5.76 Å². The van der Waals surface area contributed by atoms with E-state index in [1.807, 2.05) is 18.2 Å². The van der Waals surface area contributed by atoms with E-state index in [1.165, 1.54) is 7.11 Å². The quantitative estimate of drug-likeness (QED) is 0.692. The Hall–Kier alpha value is -3.25. The molecule has 0 atom stereocenters. The zero-order valence-electron chi connectivity index (χ0n) is 15.8. The van der Waals surface area contributed by atoms with Crippen molar-refractivity contribution in [3.63, 3.8) is 0 Å². The Kier molecular flexibility index (Phi) is 5.27. The van der Waals surface area contributed by atoms with E-state index in [-0.39, 0.29) is 17.6 Å². The molecule has 2 heterocycles. The summed E-state index contributed by atoms with van der Waals surface area (Å²) in [6.07, 6.45) is 0.734.